The van der Waals surface area contributed by atoms with Crippen molar-refractivity contribution in [1.82, 2.24) is 9.13 Å². The van der Waals surface area contributed by atoms with Crippen LogP contribution in [0.2, 0.25) is 5.02 Å². The second-order valence-electron chi connectivity index (χ2n) is 4.82. The third-order valence-electron chi connectivity index (χ3n) is 3.07. The minimum atomic E-state index is -1.03. The van der Waals surface area contributed by atoms with E-state index >= 15 is 0 Å². The van der Waals surface area contributed by atoms with E-state index in [1.165, 1.54) is 12.1 Å². The van der Waals surface area contributed by atoms with Gasteiger partial charge in [0.05, 0.1) is 12.1 Å². The third-order valence-corrected chi connectivity index (χ3v) is 3.42. The molecule has 2 aromatic rings. The number of carbonyl (C=O) groups is 1. The molecule has 0 aliphatic rings. The van der Waals surface area contributed by atoms with Crippen molar-refractivity contribution < 1.29 is 9.90 Å². The number of hydrogen-bond acceptors (Lipinski definition) is 2. The van der Waals surface area contributed by atoms with E-state index in [9.17, 15) is 9.59 Å². The fraction of sp³-hybridized carbons (Fsp3) is 0.286. The Kier molecular flexibility index (Phi) is 3.99. The number of hydrogen-bond donors (Lipinski definition) is 1. The molecule has 1 N–H and O–H groups in total. The van der Waals surface area contributed by atoms with E-state index in [1.54, 1.807) is 27.6 Å². The maximum atomic E-state index is 12.1. The molecule has 2 rings (SSSR count). The number of carboxylic acids is 1. The smallest absolute Gasteiger partial charge is 0.335 e. The van der Waals surface area contributed by atoms with Crippen LogP contribution < -0.4 is 5.69 Å². The van der Waals surface area contributed by atoms with Crippen LogP contribution in [0.4, 0.5) is 0 Å². The van der Waals surface area contributed by atoms with Gasteiger partial charge in [-0.05, 0) is 31.5 Å². The lowest BCUT2D eigenvalue weighted by molar-refractivity contribution is 0.0697. The van der Waals surface area contributed by atoms with Gasteiger partial charge in [-0.1, -0.05) is 17.7 Å². The number of rotatable bonds is 4. The Hall–Kier alpha value is -2.01. The number of carboxylic acid groups (broad SMARTS) is 1. The molecular weight excluding hydrogens is 280 g/mol. The molecule has 0 unspecified atom stereocenters. The van der Waals surface area contributed by atoms with Gasteiger partial charge >= 0.3 is 11.7 Å². The molecule has 0 saturated carbocycles. The molecule has 0 amide bonds. The summed E-state index contributed by atoms with van der Waals surface area (Å²) in [6.45, 7) is 4.18. The highest BCUT2D eigenvalue weighted by Crippen LogP contribution is 2.19. The summed E-state index contributed by atoms with van der Waals surface area (Å²) in [5.74, 6) is -1.03. The highest BCUT2D eigenvalue weighted by Gasteiger charge is 2.10. The first-order valence-corrected chi connectivity index (χ1v) is 6.57. The van der Waals surface area contributed by atoms with Crippen molar-refractivity contribution in [2.45, 2.75) is 26.4 Å². The zero-order chi connectivity index (χ0) is 14.9. The van der Waals surface area contributed by atoms with E-state index in [0.717, 1.165) is 0 Å². The van der Waals surface area contributed by atoms with Gasteiger partial charge in [0.25, 0.3) is 0 Å². The van der Waals surface area contributed by atoms with Crippen LogP contribution in [0.15, 0.2) is 35.4 Å². The Morgan fingerprint density at radius 2 is 2.05 bits per heavy atom. The van der Waals surface area contributed by atoms with E-state index in [0.29, 0.717) is 17.1 Å². The minimum absolute atomic E-state index is 0.0913. The van der Waals surface area contributed by atoms with Crippen LogP contribution in [-0.2, 0) is 6.54 Å². The summed E-state index contributed by atoms with van der Waals surface area (Å²) in [6.07, 6.45) is 3.43. The predicted octanol–water partition coefficient (Wildman–Crippen LogP) is 2.63. The van der Waals surface area contributed by atoms with Crippen molar-refractivity contribution in [3.8, 4) is 0 Å². The number of aromatic nitrogens is 2. The van der Waals surface area contributed by atoms with Gasteiger partial charge in [-0.15, -0.1) is 0 Å². The Balaban J connectivity index is 2.31. The molecule has 0 saturated heterocycles. The largest absolute Gasteiger partial charge is 0.478 e. The predicted molar refractivity (Wildman–Crippen MR) is 76.6 cm³/mol. The Morgan fingerprint density at radius 3 is 2.55 bits per heavy atom. The van der Waals surface area contributed by atoms with Crippen molar-refractivity contribution in [2.75, 3.05) is 0 Å². The van der Waals surface area contributed by atoms with Gasteiger partial charge < -0.3 is 5.11 Å². The summed E-state index contributed by atoms with van der Waals surface area (Å²) in [4.78, 5) is 22.9. The molecule has 1 aromatic heterocycles. The summed E-state index contributed by atoms with van der Waals surface area (Å²) < 4.78 is 3.17. The minimum Gasteiger partial charge on any atom is -0.478 e. The SMILES string of the molecule is CC(C)n1ccn(Cc2ccc(C(=O)O)cc2Cl)c1=O. The van der Waals surface area contributed by atoms with Crippen LogP contribution in [-0.4, -0.2) is 20.2 Å². The fourth-order valence-electron chi connectivity index (χ4n) is 1.93. The molecule has 1 heterocycles. The molecule has 0 fully saturated rings. The van der Waals surface area contributed by atoms with Gasteiger partial charge in [-0.2, -0.15) is 0 Å². The van der Waals surface area contributed by atoms with Crippen LogP contribution >= 0.6 is 11.6 Å². The van der Waals surface area contributed by atoms with E-state index < -0.39 is 5.97 Å². The average molecular weight is 295 g/mol. The maximum Gasteiger partial charge on any atom is 0.335 e. The number of nitrogens with zero attached hydrogens (tertiary/aromatic N) is 2. The monoisotopic (exact) mass is 294 g/mol. The van der Waals surface area contributed by atoms with Crippen LogP contribution in [0, 0.1) is 0 Å². The van der Waals surface area contributed by atoms with E-state index in [1.807, 2.05) is 13.8 Å². The molecule has 0 atom stereocenters. The lowest BCUT2D eigenvalue weighted by Gasteiger charge is -2.07. The Bertz CT molecular complexity index is 701. The van der Waals surface area contributed by atoms with Gasteiger partial charge in [0.2, 0.25) is 0 Å². The van der Waals surface area contributed by atoms with Crippen molar-refractivity contribution in [3.05, 3.63) is 57.2 Å². The lowest BCUT2D eigenvalue weighted by Crippen LogP contribution is -2.25. The first-order chi connectivity index (χ1) is 9.40. The van der Waals surface area contributed by atoms with Gasteiger partial charge in [0, 0.05) is 23.5 Å². The molecule has 106 valence electrons. The summed E-state index contributed by atoms with van der Waals surface area (Å²) in [6, 6.07) is 4.59. The van der Waals surface area contributed by atoms with Crippen LogP contribution in [0.1, 0.15) is 35.8 Å². The third kappa shape index (κ3) is 2.77. The topological polar surface area (TPSA) is 64.2 Å². The maximum absolute atomic E-state index is 12.1. The second-order valence-corrected chi connectivity index (χ2v) is 5.23. The fourth-order valence-corrected chi connectivity index (χ4v) is 2.17. The number of halogens is 1. The van der Waals surface area contributed by atoms with E-state index in [4.69, 9.17) is 16.7 Å². The van der Waals surface area contributed by atoms with Gasteiger partial charge in [-0.25, -0.2) is 9.59 Å². The molecule has 1 aromatic carbocycles. The zero-order valence-corrected chi connectivity index (χ0v) is 12.0. The van der Waals surface area contributed by atoms with E-state index in [-0.39, 0.29) is 17.3 Å². The Labute approximate surface area is 121 Å². The number of imidazole rings is 1. The molecule has 6 heteroatoms. The van der Waals surface area contributed by atoms with Crippen molar-refractivity contribution >= 4 is 17.6 Å². The van der Waals surface area contributed by atoms with Gasteiger partial charge in [-0.3, -0.25) is 9.13 Å². The molecule has 0 aliphatic carbocycles. The van der Waals surface area contributed by atoms with E-state index in [2.05, 4.69) is 0 Å². The molecule has 0 radical (unpaired) electrons. The average Bonchev–Trinajstić information content (AvgIpc) is 2.73. The van der Waals surface area contributed by atoms with Crippen molar-refractivity contribution in [2.24, 2.45) is 0 Å². The summed E-state index contributed by atoms with van der Waals surface area (Å²) in [5.41, 5.74) is 0.726. The van der Waals surface area contributed by atoms with Gasteiger partial charge in [0.1, 0.15) is 0 Å². The molecule has 0 spiro atoms. The van der Waals surface area contributed by atoms with Crippen molar-refractivity contribution in [3.63, 3.8) is 0 Å². The highest BCUT2D eigenvalue weighted by molar-refractivity contribution is 6.31. The highest BCUT2D eigenvalue weighted by atomic mass is 35.5. The summed E-state index contributed by atoms with van der Waals surface area (Å²) in [5, 5.41) is 9.22. The molecular formula is C14H15ClN2O3. The normalized spacial score (nSPS) is 11.0. The lowest BCUT2D eigenvalue weighted by atomic mass is 10.1. The number of aromatic carboxylic acids is 1. The first-order valence-electron chi connectivity index (χ1n) is 6.19. The molecule has 0 aliphatic heterocycles. The standard InChI is InChI=1S/C14H15ClN2O3/c1-9(2)17-6-5-16(14(17)20)8-11-4-3-10(13(18)19)7-12(11)15/h3-7,9H,8H2,1-2H3,(H,18,19). The molecule has 0 bridgehead atoms. The van der Waals surface area contributed by atoms with Gasteiger partial charge in [0.15, 0.2) is 0 Å². The molecule has 5 nitrogen and oxygen atoms in total. The first kappa shape index (κ1) is 14.4. The van der Waals surface area contributed by atoms with Crippen LogP contribution in [0.5, 0.6) is 0 Å². The van der Waals surface area contributed by atoms with Crippen LogP contribution in [0.3, 0.4) is 0 Å². The van der Waals surface area contributed by atoms with Crippen molar-refractivity contribution in [1.29, 1.82) is 0 Å². The quantitative estimate of drug-likeness (QED) is 0.943. The molecule has 20 heavy (non-hydrogen) atoms. The number of benzene rings is 1. The van der Waals surface area contributed by atoms with Crippen LogP contribution in [0.25, 0.3) is 0 Å². The second kappa shape index (κ2) is 5.54. The zero-order valence-electron chi connectivity index (χ0n) is 11.2. The summed E-state index contributed by atoms with van der Waals surface area (Å²) >= 11 is 6.06. The summed E-state index contributed by atoms with van der Waals surface area (Å²) in [7, 11) is 0. The Morgan fingerprint density at radius 1 is 1.35 bits per heavy atom.